The fourth-order valence-corrected chi connectivity index (χ4v) is 4.46. The molecule has 2 aromatic carbocycles. The predicted octanol–water partition coefficient (Wildman–Crippen LogP) is 5.49. The fourth-order valence-electron chi connectivity index (χ4n) is 3.89. The molecule has 0 saturated heterocycles. The van der Waals surface area contributed by atoms with Crippen LogP contribution in [0.15, 0.2) is 40.8 Å². The third kappa shape index (κ3) is 3.72. The lowest BCUT2D eigenvalue weighted by molar-refractivity contribution is 0.606. The first-order valence-electron chi connectivity index (χ1n) is 10.1. The van der Waals surface area contributed by atoms with Crippen molar-refractivity contribution in [2.24, 2.45) is 0 Å². The molecule has 0 amide bonds. The van der Waals surface area contributed by atoms with Crippen molar-refractivity contribution in [1.29, 1.82) is 0 Å². The van der Waals surface area contributed by atoms with E-state index in [0.717, 1.165) is 47.0 Å². The lowest BCUT2D eigenvalue weighted by Crippen LogP contribution is -2.11. The van der Waals surface area contributed by atoms with Crippen LogP contribution in [0.3, 0.4) is 0 Å². The Morgan fingerprint density at radius 1 is 1.16 bits per heavy atom. The number of nitrogens with zero attached hydrogens (tertiary/aromatic N) is 1. The zero-order valence-electron chi connectivity index (χ0n) is 17.4. The first-order chi connectivity index (χ1) is 14.7. The average Bonchev–Trinajstić information content (AvgIpc) is 3.39. The normalized spacial score (nSPS) is 14.3. The minimum Gasteiger partial charge on any atom is -0.455 e. The number of hydrogen-bond donors (Lipinski definition) is 2. The highest BCUT2D eigenvalue weighted by molar-refractivity contribution is 7.92. The number of halogens is 1. The van der Waals surface area contributed by atoms with Crippen molar-refractivity contribution in [3.05, 3.63) is 59.2 Å². The number of aromatic amines is 1. The van der Waals surface area contributed by atoms with Gasteiger partial charge in [0.15, 0.2) is 0 Å². The van der Waals surface area contributed by atoms with Gasteiger partial charge in [-0.1, -0.05) is 0 Å². The second-order valence-electron chi connectivity index (χ2n) is 8.19. The van der Waals surface area contributed by atoms with Gasteiger partial charge < -0.3 is 9.40 Å². The monoisotopic (exact) mass is 439 g/mol. The quantitative estimate of drug-likeness (QED) is 0.430. The number of hydrogen-bond acceptors (Lipinski definition) is 4. The van der Waals surface area contributed by atoms with Gasteiger partial charge in [0.25, 0.3) is 0 Å². The molecule has 0 atom stereocenters. The van der Waals surface area contributed by atoms with E-state index in [4.69, 9.17) is 4.42 Å². The van der Waals surface area contributed by atoms with Crippen molar-refractivity contribution in [3.8, 4) is 22.7 Å². The van der Waals surface area contributed by atoms with Gasteiger partial charge in [-0.2, -0.15) is 0 Å². The van der Waals surface area contributed by atoms with E-state index in [0.29, 0.717) is 34.3 Å². The number of furan rings is 1. The van der Waals surface area contributed by atoms with Crippen LogP contribution in [0.2, 0.25) is 0 Å². The average molecular weight is 440 g/mol. The number of anilines is 1. The van der Waals surface area contributed by atoms with E-state index < -0.39 is 10.0 Å². The molecular formula is C23H22FN3O3S. The molecule has 1 aliphatic rings. The fraction of sp³-hybridized carbons (Fsp3) is 0.261. The standard InChI is InChI=1S/C23H22FN3O3S/c1-12-13(2)26-23(25-12)21-18-10-17(14-4-5-14)19(27-31(3,28)29)11-20(18)30-22(21)15-6-8-16(24)9-7-15/h6-11,14,27H,4-5H2,1-3H3,(H,25,26). The zero-order valence-corrected chi connectivity index (χ0v) is 18.2. The smallest absolute Gasteiger partial charge is 0.229 e. The predicted molar refractivity (Wildman–Crippen MR) is 119 cm³/mol. The number of benzene rings is 2. The van der Waals surface area contributed by atoms with Crippen molar-refractivity contribution in [1.82, 2.24) is 9.97 Å². The van der Waals surface area contributed by atoms with Crippen LogP contribution >= 0.6 is 0 Å². The summed E-state index contributed by atoms with van der Waals surface area (Å²) in [5.74, 6) is 1.20. The summed E-state index contributed by atoms with van der Waals surface area (Å²) < 4.78 is 46.2. The molecule has 2 aromatic heterocycles. The molecule has 5 rings (SSSR count). The van der Waals surface area contributed by atoms with Gasteiger partial charge in [-0.15, -0.1) is 0 Å². The lowest BCUT2D eigenvalue weighted by atomic mass is 10.0. The van der Waals surface area contributed by atoms with Gasteiger partial charge >= 0.3 is 0 Å². The second-order valence-corrected chi connectivity index (χ2v) is 9.94. The molecule has 1 saturated carbocycles. The summed E-state index contributed by atoms with van der Waals surface area (Å²) in [6.07, 6.45) is 3.17. The third-order valence-electron chi connectivity index (χ3n) is 5.64. The van der Waals surface area contributed by atoms with Gasteiger partial charge in [0.05, 0.1) is 23.2 Å². The molecular weight excluding hydrogens is 417 g/mol. The minimum absolute atomic E-state index is 0.311. The molecule has 0 radical (unpaired) electrons. The maximum atomic E-state index is 13.5. The molecule has 0 bridgehead atoms. The summed E-state index contributed by atoms with van der Waals surface area (Å²) in [6.45, 7) is 3.88. The summed E-state index contributed by atoms with van der Waals surface area (Å²) in [4.78, 5) is 8.00. The largest absolute Gasteiger partial charge is 0.455 e. The summed E-state index contributed by atoms with van der Waals surface area (Å²) in [5, 5.41) is 0.842. The van der Waals surface area contributed by atoms with Gasteiger partial charge in [0.1, 0.15) is 23.0 Å². The van der Waals surface area contributed by atoms with Crippen LogP contribution < -0.4 is 4.72 Å². The first kappa shape index (κ1) is 19.8. The van der Waals surface area contributed by atoms with E-state index in [1.807, 2.05) is 19.9 Å². The van der Waals surface area contributed by atoms with Crippen LogP contribution in [0.1, 0.15) is 35.7 Å². The van der Waals surface area contributed by atoms with Crippen molar-refractivity contribution >= 4 is 26.7 Å². The number of aromatic nitrogens is 2. The van der Waals surface area contributed by atoms with E-state index in [2.05, 4.69) is 14.7 Å². The first-order valence-corrected chi connectivity index (χ1v) is 12.0. The van der Waals surface area contributed by atoms with E-state index in [9.17, 15) is 12.8 Å². The van der Waals surface area contributed by atoms with E-state index in [-0.39, 0.29) is 5.82 Å². The molecule has 0 spiro atoms. The Labute approximate surface area is 179 Å². The van der Waals surface area contributed by atoms with Gasteiger partial charge in [-0.3, -0.25) is 4.72 Å². The summed E-state index contributed by atoms with van der Waals surface area (Å²) in [6, 6.07) is 9.84. The molecule has 1 fully saturated rings. The van der Waals surface area contributed by atoms with Gasteiger partial charge in [0.2, 0.25) is 10.0 Å². The Morgan fingerprint density at radius 3 is 2.45 bits per heavy atom. The van der Waals surface area contributed by atoms with Gasteiger partial charge in [-0.25, -0.2) is 17.8 Å². The van der Waals surface area contributed by atoms with Crippen molar-refractivity contribution in [3.63, 3.8) is 0 Å². The van der Waals surface area contributed by atoms with E-state index in [1.54, 1.807) is 18.2 Å². The maximum Gasteiger partial charge on any atom is 0.229 e. The molecule has 6 nitrogen and oxygen atoms in total. The highest BCUT2D eigenvalue weighted by Gasteiger charge is 2.30. The molecule has 2 N–H and O–H groups in total. The Balaban J connectivity index is 1.80. The second kappa shape index (κ2) is 6.95. The van der Waals surface area contributed by atoms with Crippen molar-refractivity contribution in [2.75, 3.05) is 11.0 Å². The number of fused-ring (bicyclic) bond motifs is 1. The number of aryl methyl sites for hydroxylation is 2. The van der Waals surface area contributed by atoms with Crippen LogP contribution in [0.5, 0.6) is 0 Å². The summed E-state index contributed by atoms with van der Waals surface area (Å²) in [7, 11) is -3.44. The Hall–Kier alpha value is -3.13. The van der Waals surface area contributed by atoms with Crippen LogP contribution in [0.25, 0.3) is 33.7 Å². The Morgan fingerprint density at radius 2 is 1.87 bits per heavy atom. The van der Waals surface area contributed by atoms with Gasteiger partial charge in [0, 0.05) is 22.7 Å². The Kier molecular flexibility index (Phi) is 4.44. The molecule has 4 aromatic rings. The molecule has 8 heteroatoms. The summed E-state index contributed by atoms with van der Waals surface area (Å²) >= 11 is 0. The number of nitrogens with one attached hydrogen (secondary N) is 2. The van der Waals surface area contributed by atoms with Crippen LogP contribution in [0.4, 0.5) is 10.1 Å². The number of H-pyrrole nitrogens is 1. The Bertz CT molecular complexity index is 1400. The molecule has 1 aliphatic carbocycles. The summed E-state index contributed by atoms with van der Waals surface area (Å²) in [5.41, 5.74) is 5.35. The zero-order chi connectivity index (χ0) is 21.9. The van der Waals surface area contributed by atoms with Crippen LogP contribution in [0, 0.1) is 19.7 Å². The highest BCUT2D eigenvalue weighted by Crippen LogP contribution is 2.48. The molecule has 160 valence electrons. The van der Waals surface area contributed by atoms with E-state index >= 15 is 0 Å². The lowest BCUT2D eigenvalue weighted by Gasteiger charge is -2.10. The highest BCUT2D eigenvalue weighted by atomic mass is 32.2. The van der Waals surface area contributed by atoms with Crippen molar-refractivity contribution in [2.45, 2.75) is 32.6 Å². The van der Waals surface area contributed by atoms with Crippen LogP contribution in [-0.4, -0.2) is 24.6 Å². The number of imidazole rings is 1. The minimum atomic E-state index is -3.44. The molecule has 0 aliphatic heterocycles. The number of rotatable bonds is 5. The third-order valence-corrected chi connectivity index (χ3v) is 6.23. The topological polar surface area (TPSA) is 88.0 Å². The maximum absolute atomic E-state index is 13.5. The molecule has 2 heterocycles. The van der Waals surface area contributed by atoms with Crippen LogP contribution in [-0.2, 0) is 10.0 Å². The van der Waals surface area contributed by atoms with Crippen molar-refractivity contribution < 1.29 is 17.2 Å². The van der Waals surface area contributed by atoms with E-state index in [1.165, 1.54) is 12.1 Å². The SMILES string of the molecule is Cc1nc(-c2c(-c3ccc(F)cc3)oc3cc(NS(C)(=O)=O)c(C4CC4)cc23)[nH]c1C. The molecule has 31 heavy (non-hydrogen) atoms. The number of sulfonamides is 1. The molecule has 0 unspecified atom stereocenters. The van der Waals surface area contributed by atoms with Gasteiger partial charge in [-0.05, 0) is 68.5 Å².